The van der Waals surface area contributed by atoms with Crippen LogP contribution in [0.5, 0.6) is 5.75 Å². The van der Waals surface area contributed by atoms with Gasteiger partial charge in [0.2, 0.25) is 0 Å². The molecule has 0 saturated heterocycles. The SMILES string of the molecule is C=C(BO)c1ccc(C#N)cc1.Oc1cccc2cccnc12. The average Bonchev–Trinajstić information content (AvgIpc) is 2.62. The lowest BCUT2D eigenvalue weighted by molar-refractivity contribution is 0.480. The summed E-state index contributed by atoms with van der Waals surface area (Å²) in [7, 11) is -0.0497. The first-order valence-corrected chi connectivity index (χ1v) is 6.97. The Labute approximate surface area is 135 Å². The molecule has 0 aliphatic heterocycles. The Morgan fingerprint density at radius 2 is 1.78 bits per heavy atom. The lowest BCUT2D eigenvalue weighted by atomic mass is 9.84. The predicted octanol–water partition coefficient (Wildman–Crippen LogP) is 2.81. The third-order valence-electron chi connectivity index (χ3n) is 3.22. The molecule has 5 heteroatoms. The summed E-state index contributed by atoms with van der Waals surface area (Å²) in [6, 6.07) is 18.1. The smallest absolute Gasteiger partial charge is 0.304 e. The Balaban J connectivity index is 0.000000167. The maximum Gasteiger partial charge on any atom is 0.304 e. The van der Waals surface area contributed by atoms with Crippen molar-refractivity contribution in [2.45, 2.75) is 0 Å². The first-order valence-electron chi connectivity index (χ1n) is 6.97. The molecule has 4 nitrogen and oxygen atoms in total. The van der Waals surface area contributed by atoms with Gasteiger partial charge >= 0.3 is 7.48 Å². The van der Waals surface area contributed by atoms with E-state index in [-0.39, 0.29) is 13.2 Å². The minimum atomic E-state index is -0.0497. The number of nitrogens with zero attached hydrogens (tertiary/aromatic N) is 2. The van der Waals surface area contributed by atoms with E-state index in [2.05, 4.69) is 11.6 Å². The zero-order valence-electron chi connectivity index (χ0n) is 12.5. The van der Waals surface area contributed by atoms with Crippen molar-refractivity contribution in [3.05, 3.63) is 78.5 Å². The van der Waals surface area contributed by atoms with Crippen molar-refractivity contribution in [2.75, 3.05) is 0 Å². The van der Waals surface area contributed by atoms with E-state index in [0.717, 1.165) is 10.9 Å². The van der Waals surface area contributed by atoms with Crippen molar-refractivity contribution < 1.29 is 10.1 Å². The van der Waals surface area contributed by atoms with Crippen LogP contribution in [0.4, 0.5) is 0 Å². The van der Waals surface area contributed by atoms with E-state index >= 15 is 0 Å². The largest absolute Gasteiger partial charge is 0.506 e. The number of rotatable bonds is 2. The maximum atomic E-state index is 9.31. The Morgan fingerprint density at radius 1 is 1.09 bits per heavy atom. The van der Waals surface area contributed by atoms with Gasteiger partial charge in [-0.15, -0.1) is 6.58 Å². The minimum Gasteiger partial charge on any atom is -0.506 e. The van der Waals surface area contributed by atoms with Gasteiger partial charge in [-0.2, -0.15) is 5.26 Å². The van der Waals surface area contributed by atoms with Crippen molar-refractivity contribution in [3.63, 3.8) is 0 Å². The molecule has 23 heavy (non-hydrogen) atoms. The van der Waals surface area contributed by atoms with Gasteiger partial charge in [0, 0.05) is 11.6 Å². The van der Waals surface area contributed by atoms with E-state index in [1.165, 1.54) is 0 Å². The molecule has 0 amide bonds. The Morgan fingerprint density at radius 3 is 2.39 bits per heavy atom. The van der Waals surface area contributed by atoms with Crippen LogP contribution in [0.2, 0.25) is 0 Å². The van der Waals surface area contributed by atoms with E-state index in [9.17, 15) is 5.11 Å². The summed E-state index contributed by atoms with van der Waals surface area (Å²) in [4.78, 5) is 4.03. The van der Waals surface area contributed by atoms with Crippen LogP contribution in [-0.4, -0.2) is 22.6 Å². The van der Waals surface area contributed by atoms with Crippen LogP contribution < -0.4 is 0 Å². The molecule has 0 aliphatic carbocycles. The van der Waals surface area contributed by atoms with Gasteiger partial charge in [0.05, 0.1) is 11.6 Å². The molecule has 112 valence electrons. The lowest BCUT2D eigenvalue weighted by Gasteiger charge is -1.99. The predicted molar refractivity (Wildman–Crippen MR) is 93.0 cm³/mol. The quantitative estimate of drug-likeness (QED) is 0.714. The van der Waals surface area contributed by atoms with Crippen LogP contribution in [0.3, 0.4) is 0 Å². The second-order valence-corrected chi connectivity index (χ2v) is 4.80. The van der Waals surface area contributed by atoms with Gasteiger partial charge in [0.1, 0.15) is 11.3 Å². The number of aromatic nitrogens is 1. The first kappa shape index (κ1) is 16.3. The fourth-order valence-corrected chi connectivity index (χ4v) is 1.96. The fourth-order valence-electron chi connectivity index (χ4n) is 1.96. The number of hydrogen-bond donors (Lipinski definition) is 2. The molecule has 1 heterocycles. The molecular formula is C18H15BN2O2. The molecule has 0 unspecified atom stereocenters. The summed E-state index contributed by atoms with van der Waals surface area (Å²) in [5.74, 6) is 0.239. The summed E-state index contributed by atoms with van der Waals surface area (Å²) < 4.78 is 0. The van der Waals surface area contributed by atoms with E-state index in [0.29, 0.717) is 16.6 Å². The monoisotopic (exact) mass is 302 g/mol. The molecule has 0 fully saturated rings. The minimum absolute atomic E-state index is 0.0497. The van der Waals surface area contributed by atoms with Gasteiger partial charge in [-0.3, -0.25) is 4.98 Å². The number of hydrogen-bond acceptors (Lipinski definition) is 4. The molecule has 3 rings (SSSR count). The van der Waals surface area contributed by atoms with Gasteiger partial charge < -0.3 is 10.1 Å². The molecule has 0 spiro atoms. The number of aromatic hydroxyl groups is 1. The summed E-state index contributed by atoms with van der Waals surface area (Å²) in [6.07, 6.45) is 1.67. The molecule has 2 N–H and O–H groups in total. The zero-order valence-corrected chi connectivity index (χ0v) is 12.5. The molecule has 3 aromatic rings. The lowest BCUT2D eigenvalue weighted by Crippen LogP contribution is -1.92. The molecule has 0 aliphatic rings. The zero-order chi connectivity index (χ0) is 16.7. The van der Waals surface area contributed by atoms with Gasteiger partial charge in [0.15, 0.2) is 0 Å². The van der Waals surface area contributed by atoms with Crippen molar-refractivity contribution >= 4 is 23.9 Å². The number of nitriles is 1. The highest BCUT2D eigenvalue weighted by Gasteiger charge is 1.98. The normalized spacial score (nSPS) is 9.39. The van der Waals surface area contributed by atoms with Crippen LogP contribution >= 0.6 is 0 Å². The van der Waals surface area contributed by atoms with Crippen LogP contribution in [0.15, 0.2) is 67.4 Å². The van der Waals surface area contributed by atoms with Crippen molar-refractivity contribution in [1.82, 2.24) is 4.98 Å². The van der Waals surface area contributed by atoms with Crippen LogP contribution in [0.1, 0.15) is 11.1 Å². The second-order valence-electron chi connectivity index (χ2n) is 4.80. The highest BCUT2D eigenvalue weighted by atomic mass is 16.3. The molecule has 0 radical (unpaired) electrons. The summed E-state index contributed by atoms with van der Waals surface area (Å²) in [6.45, 7) is 3.67. The van der Waals surface area contributed by atoms with Gasteiger partial charge in [0.25, 0.3) is 0 Å². The van der Waals surface area contributed by atoms with Crippen LogP contribution in [0.25, 0.3) is 16.4 Å². The molecule has 0 saturated carbocycles. The topological polar surface area (TPSA) is 77.1 Å². The highest BCUT2D eigenvalue weighted by molar-refractivity contribution is 6.53. The highest BCUT2D eigenvalue weighted by Crippen LogP contribution is 2.20. The molecule has 2 aromatic carbocycles. The van der Waals surface area contributed by atoms with Gasteiger partial charge in [-0.1, -0.05) is 35.8 Å². The van der Waals surface area contributed by atoms with Crippen LogP contribution in [-0.2, 0) is 0 Å². The number of fused-ring (bicyclic) bond motifs is 1. The fraction of sp³-hybridized carbons (Fsp3) is 0. The maximum absolute atomic E-state index is 9.31. The van der Waals surface area contributed by atoms with Crippen molar-refractivity contribution in [3.8, 4) is 11.8 Å². The third-order valence-corrected chi connectivity index (χ3v) is 3.22. The summed E-state index contributed by atoms with van der Waals surface area (Å²) >= 11 is 0. The average molecular weight is 302 g/mol. The molecule has 0 bridgehead atoms. The third kappa shape index (κ3) is 4.19. The van der Waals surface area contributed by atoms with Crippen molar-refractivity contribution in [1.29, 1.82) is 5.26 Å². The Hall–Kier alpha value is -3.10. The molecule has 0 atom stereocenters. The van der Waals surface area contributed by atoms with Gasteiger partial charge in [-0.05, 0) is 29.8 Å². The van der Waals surface area contributed by atoms with Gasteiger partial charge in [-0.25, -0.2) is 0 Å². The first-order chi connectivity index (χ1) is 11.2. The van der Waals surface area contributed by atoms with E-state index in [1.807, 2.05) is 24.3 Å². The van der Waals surface area contributed by atoms with Crippen molar-refractivity contribution in [2.24, 2.45) is 0 Å². The summed E-state index contributed by atoms with van der Waals surface area (Å²) in [5, 5.41) is 27.5. The standard InChI is InChI=1S/C9H8BNO.C9H7NO/c1-7(10-12)9-4-2-8(6-11)3-5-9;11-8-5-1-3-7-4-2-6-10-9(7)8/h2-5,10,12H,1H2;1-6,11H. The summed E-state index contributed by atoms with van der Waals surface area (Å²) in [5.41, 5.74) is 2.82. The van der Waals surface area contributed by atoms with E-state index < -0.39 is 0 Å². The van der Waals surface area contributed by atoms with Crippen LogP contribution in [0, 0.1) is 11.3 Å². The van der Waals surface area contributed by atoms with E-state index in [1.54, 1.807) is 42.6 Å². The number of benzene rings is 2. The number of pyridine rings is 1. The number of phenols is 1. The number of phenolic OH excluding ortho intramolecular Hbond substituents is 1. The second kappa shape index (κ2) is 7.78. The van der Waals surface area contributed by atoms with E-state index in [4.69, 9.17) is 10.3 Å². The molecule has 1 aromatic heterocycles. The number of para-hydroxylation sites is 1. The Bertz CT molecular complexity index is 850. The Kier molecular flexibility index (Phi) is 5.51. The molecular weight excluding hydrogens is 287 g/mol.